The molecule has 1 atom stereocenters. The monoisotopic (exact) mass is 349 g/mol. The number of carbonyl (C=O) groups is 1. The van der Waals surface area contributed by atoms with E-state index in [4.69, 9.17) is 0 Å². The van der Waals surface area contributed by atoms with Gasteiger partial charge in [0.1, 0.15) is 0 Å². The molecule has 0 N–H and O–H groups in total. The molecule has 6 nitrogen and oxygen atoms in total. The fourth-order valence-corrected chi connectivity index (χ4v) is 3.70. The lowest BCUT2D eigenvalue weighted by molar-refractivity contribution is 0.0656. The molecule has 0 bridgehead atoms. The second kappa shape index (κ2) is 7.23. The minimum atomic E-state index is -0.0870. The van der Waals surface area contributed by atoms with E-state index in [0.717, 1.165) is 32.4 Å². The van der Waals surface area contributed by atoms with Crippen LogP contribution in [-0.2, 0) is 6.42 Å². The fraction of sp³-hybridized carbons (Fsp3) is 0.400. The zero-order valence-electron chi connectivity index (χ0n) is 15.0. The maximum Gasteiger partial charge on any atom is 0.293 e. The Kier molecular flexibility index (Phi) is 4.65. The first-order chi connectivity index (χ1) is 12.7. The first-order valence-electron chi connectivity index (χ1n) is 9.22. The summed E-state index contributed by atoms with van der Waals surface area (Å²) >= 11 is 0. The van der Waals surface area contributed by atoms with Gasteiger partial charge in [-0.15, -0.1) is 5.10 Å². The van der Waals surface area contributed by atoms with Crippen LogP contribution in [0.1, 0.15) is 41.0 Å². The lowest BCUT2D eigenvalue weighted by Gasteiger charge is -2.32. The predicted molar refractivity (Wildman–Crippen MR) is 98.9 cm³/mol. The number of likely N-dealkylation sites (tertiary alicyclic amines) is 1. The Labute approximate surface area is 152 Å². The van der Waals surface area contributed by atoms with Gasteiger partial charge in [0.05, 0.1) is 0 Å². The van der Waals surface area contributed by atoms with Gasteiger partial charge in [-0.25, -0.2) is 9.50 Å². The van der Waals surface area contributed by atoms with Crippen LogP contribution >= 0.6 is 0 Å². The Morgan fingerprint density at radius 2 is 2.15 bits per heavy atom. The Hall–Kier alpha value is -2.76. The maximum absolute atomic E-state index is 12.8. The van der Waals surface area contributed by atoms with Crippen molar-refractivity contribution < 1.29 is 4.79 Å². The molecular weight excluding hydrogens is 326 g/mol. The molecule has 0 saturated carbocycles. The second-order valence-electron chi connectivity index (χ2n) is 7.02. The van der Waals surface area contributed by atoms with Crippen molar-refractivity contribution in [1.82, 2.24) is 24.5 Å². The van der Waals surface area contributed by atoms with E-state index < -0.39 is 0 Å². The number of fused-ring (bicyclic) bond motifs is 1. The van der Waals surface area contributed by atoms with Crippen molar-refractivity contribution in [3.8, 4) is 0 Å². The van der Waals surface area contributed by atoms with Gasteiger partial charge in [-0.2, -0.15) is 4.98 Å². The van der Waals surface area contributed by atoms with Crippen LogP contribution in [0.25, 0.3) is 5.78 Å². The molecule has 2 aromatic heterocycles. The van der Waals surface area contributed by atoms with E-state index in [2.05, 4.69) is 46.3 Å². The molecule has 3 heterocycles. The number of carbonyl (C=O) groups excluding carboxylic acids is 1. The van der Waals surface area contributed by atoms with Crippen molar-refractivity contribution in [2.45, 2.75) is 32.6 Å². The van der Waals surface area contributed by atoms with E-state index in [9.17, 15) is 4.79 Å². The summed E-state index contributed by atoms with van der Waals surface area (Å²) in [5, 5.41) is 4.27. The van der Waals surface area contributed by atoms with Gasteiger partial charge in [0.25, 0.3) is 11.7 Å². The number of rotatable bonds is 4. The highest BCUT2D eigenvalue weighted by Gasteiger charge is 2.27. The largest absolute Gasteiger partial charge is 0.336 e. The van der Waals surface area contributed by atoms with Crippen LogP contribution in [0.2, 0.25) is 0 Å². The molecule has 1 amide bonds. The highest BCUT2D eigenvalue weighted by molar-refractivity contribution is 5.90. The lowest BCUT2D eigenvalue weighted by atomic mass is 9.90. The van der Waals surface area contributed by atoms with Gasteiger partial charge in [0.15, 0.2) is 0 Å². The SMILES string of the molecule is Cc1ccccc1CC[C@@H]1CCCN(C(=O)c2nc3ncccn3n2)C1. The Balaban J connectivity index is 1.41. The number of hydrogen-bond acceptors (Lipinski definition) is 4. The molecule has 1 aliphatic heterocycles. The fourth-order valence-electron chi connectivity index (χ4n) is 3.70. The lowest BCUT2D eigenvalue weighted by Crippen LogP contribution is -2.40. The van der Waals surface area contributed by atoms with Gasteiger partial charge in [-0.05, 0) is 55.7 Å². The third-order valence-electron chi connectivity index (χ3n) is 5.20. The normalized spacial score (nSPS) is 17.6. The molecule has 1 aliphatic rings. The number of hydrogen-bond donors (Lipinski definition) is 0. The van der Waals surface area contributed by atoms with Crippen molar-refractivity contribution in [1.29, 1.82) is 0 Å². The number of aryl methyl sites for hydroxylation is 2. The van der Waals surface area contributed by atoms with E-state index in [1.807, 2.05) is 4.90 Å². The van der Waals surface area contributed by atoms with Crippen LogP contribution in [0.5, 0.6) is 0 Å². The van der Waals surface area contributed by atoms with Gasteiger partial charge in [-0.1, -0.05) is 24.3 Å². The highest BCUT2D eigenvalue weighted by atomic mass is 16.2. The third-order valence-corrected chi connectivity index (χ3v) is 5.20. The standard InChI is InChI=1S/C20H23N5O/c1-15-6-2-3-8-17(15)10-9-16-7-4-12-24(14-16)19(26)18-22-20-21-11-5-13-25(20)23-18/h2-3,5-6,8,11,13,16H,4,7,9-10,12,14H2,1H3/t16-/m0/s1. The van der Waals surface area contributed by atoms with Crippen LogP contribution in [0, 0.1) is 12.8 Å². The zero-order chi connectivity index (χ0) is 17.9. The number of aromatic nitrogens is 4. The molecule has 1 saturated heterocycles. The van der Waals surface area contributed by atoms with Gasteiger partial charge in [0, 0.05) is 25.5 Å². The molecule has 0 spiro atoms. The van der Waals surface area contributed by atoms with E-state index in [1.54, 1.807) is 23.0 Å². The quantitative estimate of drug-likeness (QED) is 0.726. The second-order valence-corrected chi connectivity index (χ2v) is 7.02. The van der Waals surface area contributed by atoms with Crippen LogP contribution in [0.4, 0.5) is 0 Å². The molecule has 1 fully saturated rings. The predicted octanol–water partition coefficient (Wildman–Crippen LogP) is 2.92. The van der Waals surface area contributed by atoms with Crippen molar-refractivity contribution in [3.63, 3.8) is 0 Å². The van der Waals surface area contributed by atoms with Crippen LogP contribution in [0.3, 0.4) is 0 Å². The Morgan fingerprint density at radius 1 is 1.27 bits per heavy atom. The topological polar surface area (TPSA) is 63.4 Å². The van der Waals surface area contributed by atoms with Crippen LogP contribution in [0.15, 0.2) is 42.7 Å². The van der Waals surface area contributed by atoms with Gasteiger partial charge < -0.3 is 4.90 Å². The van der Waals surface area contributed by atoms with E-state index in [1.165, 1.54) is 17.5 Å². The molecule has 134 valence electrons. The molecule has 26 heavy (non-hydrogen) atoms. The van der Waals surface area contributed by atoms with E-state index >= 15 is 0 Å². The Bertz CT molecular complexity index is 886. The molecule has 4 rings (SSSR count). The van der Waals surface area contributed by atoms with Crippen molar-refractivity contribution in [3.05, 3.63) is 59.7 Å². The highest BCUT2D eigenvalue weighted by Crippen LogP contribution is 2.23. The molecule has 3 aromatic rings. The first-order valence-corrected chi connectivity index (χ1v) is 9.22. The smallest absolute Gasteiger partial charge is 0.293 e. The third kappa shape index (κ3) is 3.45. The molecular formula is C20H23N5O. The number of piperidine rings is 1. The van der Waals surface area contributed by atoms with Gasteiger partial charge in [0.2, 0.25) is 5.82 Å². The number of amides is 1. The molecule has 0 radical (unpaired) electrons. The molecule has 0 aliphatic carbocycles. The summed E-state index contributed by atoms with van der Waals surface area (Å²) in [6.07, 6.45) is 7.80. The summed E-state index contributed by atoms with van der Waals surface area (Å²) in [4.78, 5) is 23.1. The first kappa shape index (κ1) is 16.7. The van der Waals surface area contributed by atoms with Crippen molar-refractivity contribution in [2.75, 3.05) is 13.1 Å². The molecule has 1 aromatic carbocycles. The van der Waals surface area contributed by atoms with Crippen LogP contribution < -0.4 is 0 Å². The summed E-state index contributed by atoms with van der Waals surface area (Å²) < 4.78 is 1.55. The molecule has 0 unspecified atom stereocenters. The summed E-state index contributed by atoms with van der Waals surface area (Å²) in [5.74, 6) is 1.14. The summed E-state index contributed by atoms with van der Waals surface area (Å²) in [6, 6.07) is 10.3. The maximum atomic E-state index is 12.8. The zero-order valence-corrected chi connectivity index (χ0v) is 15.0. The Morgan fingerprint density at radius 3 is 3.00 bits per heavy atom. The summed E-state index contributed by atoms with van der Waals surface area (Å²) in [7, 11) is 0. The number of nitrogens with zero attached hydrogens (tertiary/aromatic N) is 5. The van der Waals surface area contributed by atoms with Crippen molar-refractivity contribution >= 4 is 11.7 Å². The van der Waals surface area contributed by atoms with E-state index in [0.29, 0.717) is 11.7 Å². The minimum Gasteiger partial charge on any atom is -0.336 e. The summed E-state index contributed by atoms with van der Waals surface area (Å²) in [6.45, 7) is 3.73. The minimum absolute atomic E-state index is 0.0870. The average Bonchev–Trinajstić information content (AvgIpc) is 3.11. The van der Waals surface area contributed by atoms with Crippen LogP contribution in [-0.4, -0.2) is 43.5 Å². The number of benzene rings is 1. The molecule has 6 heteroatoms. The van der Waals surface area contributed by atoms with E-state index in [-0.39, 0.29) is 11.7 Å². The van der Waals surface area contributed by atoms with Gasteiger partial charge in [-0.3, -0.25) is 4.79 Å². The van der Waals surface area contributed by atoms with Crippen molar-refractivity contribution in [2.24, 2.45) is 5.92 Å². The summed E-state index contributed by atoms with van der Waals surface area (Å²) in [5.41, 5.74) is 2.75. The average molecular weight is 349 g/mol. The van der Waals surface area contributed by atoms with Gasteiger partial charge >= 0.3 is 0 Å².